The van der Waals surface area contributed by atoms with Crippen molar-refractivity contribution in [3.8, 4) is 19.5 Å². The predicted octanol–water partition coefficient (Wildman–Crippen LogP) is 13.5. The zero-order valence-corrected chi connectivity index (χ0v) is 35.0. The van der Waals surface area contributed by atoms with E-state index in [4.69, 9.17) is 0 Å². The van der Waals surface area contributed by atoms with Crippen molar-refractivity contribution >= 4 is 112 Å². The minimum absolute atomic E-state index is 0.0280. The Bertz CT molecular complexity index is 3210. The molecular weight excluding hydrogens is 845 g/mol. The van der Waals surface area contributed by atoms with Crippen LogP contribution in [0, 0.1) is 23.3 Å². The average molecular weight is 869 g/mol. The van der Waals surface area contributed by atoms with E-state index in [2.05, 4.69) is 39.8 Å². The number of Topliss-reactive ketones (excluding diaryl/α,β-unsaturated/α-hetero) is 4. The normalized spacial score (nSPS) is 16.7. The molecule has 0 bridgehead atoms. The standard InChI is InChI=1S/C48H24F4O4S4/c1-47(2)29-15-21(13-27-37(53)23-5-17-9-31(49)32(50)10-18(17)6-24(23)38(27)54)57-41(29)43-35(47)45-46(59-43)36-44(60-45)42-30(48(36,3)4)16-22(58-42)14-28-39(55)25-7-19-11-33(51)34(52)12-20(19)8-26(25)40(28)56/h5-16H,1-4H3. The quantitative estimate of drug-likeness (QED) is 0.0986. The van der Waals surface area contributed by atoms with Gasteiger partial charge in [-0.2, -0.15) is 0 Å². The van der Waals surface area contributed by atoms with Gasteiger partial charge in [0, 0.05) is 52.6 Å². The molecule has 0 aliphatic heterocycles. The molecule has 12 rings (SSSR count). The Balaban J connectivity index is 0.898. The number of allylic oxidation sites excluding steroid dienone is 2. The molecule has 12 heteroatoms. The largest absolute Gasteiger partial charge is 0.288 e. The molecule has 0 amide bonds. The second-order valence-corrected chi connectivity index (χ2v) is 21.0. The minimum Gasteiger partial charge on any atom is -0.288 e. The van der Waals surface area contributed by atoms with Crippen LogP contribution in [0.1, 0.15) is 101 Å². The molecule has 0 unspecified atom stereocenters. The zero-order chi connectivity index (χ0) is 41.6. The topological polar surface area (TPSA) is 68.3 Å². The Kier molecular flexibility index (Phi) is 6.99. The van der Waals surface area contributed by atoms with Crippen LogP contribution in [0.15, 0.2) is 71.8 Å². The fourth-order valence-electron chi connectivity index (χ4n) is 9.56. The van der Waals surface area contributed by atoms with Gasteiger partial charge in [0.05, 0.1) is 30.3 Å². The smallest absolute Gasteiger partial charge is 0.197 e. The summed E-state index contributed by atoms with van der Waals surface area (Å²) in [4.78, 5) is 60.4. The summed E-state index contributed by atoms with van der Waals surface area (Å²) in [5.41, 5.74) is 4.74. The van der Waals surface area contributed by atoms with Crippen molar-refractivity contribution < 1.29 is 36.7 Å². The Morgan fingerprint density at radius 2 is 0.717 bits per heavy atom. The Morgan fingerprint density at radius 1 is 0.417 bits per heavy atom. The molecule has 0 N–H and O–H groups in total. The summed E-state index contributed by atoms with van der Waals surface area (Å²) in [6.45, 7) is 8.78. The third-order valence-electron chi connectivity index (χ3n) is 12.6. The maximum absolute atomic E-state index is 14.0. The van der Waals surface area contributed by atoms with Gasteiger partial charge in [0.1, 0.15) is 0 Å². The first-order valence-electron chi connectivity index (χ1n) is 18.9. The summed E-state index contributed by atoms with van der Waals surface area (Å²) in [7, 11) is 0. The number of hydrogen-bond donors (Lipinski definition) is 0. The van der Waals surface area contributed by atoms with E-state index in [1.165, 1.54) is 54.5 Å². The van der Waals surface area contributed by atoms with Gasteiger partial charge < -0.3 is 0 Å². The number of fused-ring (bicyclic) bond motifs is 13. The summed E-state index contributed by atoms with van der Waals surface area (Å²) in [5, 5.41) is 1.38. The van der Waals surface area contributed by atoms with Gasteiger partial charge in [-0.3, -0.25) is 19.2 Å². The van der Waals surface area contributed by atoms with E-state index >= 15 is 0 Å². The van der Waals surface area contributed by atoms with Gasteiger partial charge in [0.15, 0.2) is 46.4 Å². The van der Waals surface area contributed by atoms with E-state index in [1.807, 2.05) is 0 Å². The van der Waals surface area contributed by atoms with E-state index in [0.717, 1.165) is 54.9 Å². The molecule has 4 heterocycles. The molecule has 4 aromatic heterocycles. The minimum atomic E-state index is -1.02. The average Bonchev–Trinajstić information content (AvgIpc) is 4.06. The third-order valence-corrected chi connectivity index (χ3v) is 17.6. The molecule has 0 saturated carbocycles. The first-order chi connectivity index (χ1) is 28.5. The van der Waals surface area contributed by atoms with Gasteiger partial charge in [-0.1, -0.05) is 27.7 Å². The number of carbonyl (C=O) groups is 4. The number of rotatable bonds is 2. The van der Waals surface area contributed by atoms with Gasteiger partial charge >= 0.3 is 0 Å². The predicted molar refractivity (Wildman–Crippen MR) is 232 cm³/mol. The fraction of sp³-hybridized carbons (Fsp3) is 0.125. The molecule has 0 atom stereocenters. The summed E-state index contributed by atoms with van der Waals surface area (Å²) >= 11 is 6.60. The lowest BCUT2D eigenvalue weighted by atomic mass is 9.82. The van der Waals surface area contributed by atoms with E-state index in [1.54, 1.807) is 57.5 Å². The fourth-order valence-corrected chi connectivity index (χ4v) is 15.9. The maximum Gasteiger partial charge on any atom is 0.197 e. The number of hydrogen-bond acceptors (Lipinski definition) is 8. The molecule has 0 radical (unpaired) electrons. The van der Waals surface area contributed by atoms with Crippen molar-refractivity contribution in [3.63, 3.8) is 0 Å². The summed E-state index contributed by atoms with van der Waals surface area (Å²) in [6.07, 6.45) is 3.29. The summed E-state index contributed by atoms with van der Waals surface area (Å²) in [6, 6.07) is 14.1. The van der Waals surface area contributed by atoms with Crippen LogP contribution >= 0.6 is 45.3 Å². The zero-order valence-electron chi connectivity index (χ0n) is 31.7. The number of carbonyl (C=O) groups excluding carboxylic acids is 4. The lowest BCUT2D eigenvalue weighted by Gasteiger charge is -2.20. The van der Waals surface area contributed by atoms with E-state index < -0.39 is 46.4 Å². The third kappa shape index (κ3) is 4.54. The Hall–Kier alpha value is -5.66. The van der Waals surface area contributed by atoms with Crippen molar-refractivity contribution in [2.75, 3.05) is 0 Å². The Labute approximate surface area is 353 Å². The monoisotopic (exact) mass is 868 g/mol. The molecule has 0 fully saturated rings. The second kappa shape index (κ2) is 11.6. The maximum atomic E-state index is 14.0. The molecule has 60 heavy (non-hydrogen) atoms. The lowest BCUT2D eigenvalue weighted by Crippen LogP contribution is -2.15. The van der Waals surface area contributed by atoms with Gasteiger partial charge in [0.2, 0.25) is 0 Å². The van der Waals surface area contributed by atoms with Crippen LogP contribution in [0.2, 0.25) is 0 Å². The van der Waals surface area contributed by atoms with Crippen LogP contribution in [0.5, 0.6) is 0 Å². The molecule has 292 valence electrons. The number of ketones is 4. The number of halogens is 4. The summed E-state index contributed by atoms with van der Waals surface area (Å²) in [5.74, 6) is -5.84. The number of benzene rings is 4. The molecule has 4 aliphatic carbocycles. The number of thiophene rings is 4. The summed E-state index contributed by atoms with van der Waals surface area (Å²) < 4.78 is 58.4. The van der Waals surface area contributed by atoms with Crippen LogP contribution in [0.3, 0.4) is 0 Å². The molecule has 0 spiro atoms. The molecular formula is C48H24F4O4S4. The van der Waals surface area contributed by atoms with Gasteiger partial charge in [-0.25, -0.2) is 17.6 Å². The van der Waals surface area contributed by atoms with Crippen molar-refractivity contribution in [2.24, 2.45) is 0 Å². The SMILES string of the molecule is CC1(C)c2cc(C=C3C(=O)c4cc5cc(F)c(F)cc5cc4C3=O)sc2-c2sc3c4c(sc3c21)-c1sc(C=C2C(=O)c3cc5cc(F)c(F)cc5cc3C2=O)cc1C4(C)C. The first kappa shape index (κ1) is 36.2. The van der Waals surface area contributed by atoms with Crippen molar-refractivity contribution in [3.05, 3.63) is 149 Å². The van der Waals surface area contributed by atoms with E-state index in [9.17, 15) is 36.7 Å². The van der Waals surface area contributed by atoms with Crippen molar-refractivity contribution in [2.45, 2.75) is 38.5 Å². The van der Waals surface area contributed by atoms with Crippen LogP contribution in [0.25, 0.3) is 62.6 Å². The van der Waals surface area contributed by atoms with Crippen molar-refractivity contribution in [1.29, 1.82) is 0 Å². The molecule has 4 aromatic carbocycles. The van der Waals surface area contributed by atoms with Gasteiger partial charge in [0.25, 0.3) is 0 Å². The van der Waals surface area contributed by atoms with Crippen molar-refractivity contribution in [1.82, 2.24) is 0 Å². The lowest BCUT2D eigenvalue weighted by molar-refractivity contribution is 0.0975. The highest BCUT2D eigenvalue weighted by atomic mass is 32.1. The first-order valence-corrected chi connectivity index (χ1v) is 22.1. The van der Waals surface area contributed by atoms with Gasteiger partial charge in [-0.05, 0) is 117 Å². The highest BCUT2D eigenvalue weighted by Crippen LogP contribution is 2.65. The highest BCUT2D eigenvalue weighted by molar-refractivity contribution is 7.34. The molecule has 4 nitrogen and oxygen atoms in total. The van der Waals surface area contributed by atoms with Crippen LogP contribution in [-0.4, -0.2) is 23.1 Å². The highest BCUT2D eigenvalue weighted by Gasteiger charge is 2.47. The molecule has 4 aliphatic rings. The molecule has 0 saturated heterocycles. The second-order valence-electron chi connectivity index (χ2n) is 16.8. The van der Waals surface area contributed by atoms with E-state index in [-0.39, 0.29) is 44.2 Å². The van der Waals surface area contributed by atoms with Gasteiger partial charge in [-0.15, -0.1) is 45.3 Å². The van der Waals surface area contributed by atoms with E-state index in [0.29, 0.717) is 21.5 Å². The molecule has 8 aromatic rings. The van der Waals surface area contributed by atoms with Crippen LogP contribution in [0.4, 0.5) is 17.6 Å². The van der Waals surface area contributed by atoms with Crippen LogP contribution in [-0.2, 0) is 10.8 Å². The van der Waals surface area contributed by atoms with Crippen LogP contribution < -0.4 is 0 Å². The Morgan fingerprint density at radius 3 is 1.02 bits per heavy atom.